The maximum Gasteiger partial charge on any atom is 0.196 e. The lowest BCUT2D eigenvalue weighted by atomic mass is 10.00. The SMILES string of the molecule is O=C(c1ccc(Br)cc1)c1cnn(-c2ccc(Cl)c(Cl)c2)c1-c1ccc(Br)cc1. The van der Waals surface area contributed by atoms with Gasteiger partial charge in [0.05, 0.1) is 33.2 Å². The Hall–Kier alpha value is -1.92. The van der Waals surface area contributed by atoms with Crippen molar-refractivity contribution in [1.29, 1.82) is 0 Å². The molecule has 3 aromatic carbocycles. The van der Waals surface area contributed by atoms with E-state index in [0.29, 0.717) is 32.6 Å². The molecule has 0 spiro atoms. The molecule has 0 aliphatic carbocycles. The minimum atomic E-state index is -0.110. The summed E-state index contributed by atoms with van der Waals surface area (Å²) in [6.07, 6.45) is 1.59. The number of carbonyl (C=O) groups excluding carboxylic acids is 1. The van der Waals surface area contributed by atoms with Crippen LogP contribution in [0.25, 0.3) is 16.9 Å². The lowest BCUT2D eigenvalue weighted by molar-refractivity contribution is 0.103. The van der Waals surface area contributed by atoms with Crippen LogP contribution in [-0.4, -0.2) is 15.6 Å². The Labute approximate surface area is 194 Å². The van der Waals surface area contributed by atoms with E-state index in [2.05, 4.69) is 37.0 Å². The largest absolute Gasteiger partial charge is 0.288 e. The van der Waals surface area contributed by atoms with Crippen LogP contribution in [0.2, 0.25) is 10.0 Å². The van der Waals surface area contributed by atoms with Crippen molar-refractivity contribution in [2.45, 2.75) is 0 Å². The van der Waals surface area contributed by atoms with Crippen LogP contribution in [0, 0.1) is 0 Å². The summed E-state index contributed by atoms with van der Waals surface area (Å²) < 4.78 is 3.56. The summed E-state index contributed by atoms with van der Waals surface area (Å²) >= 11 is 19.1. The number of halogens is 4. The molecule has 144 valence electrons. The van der Waals surface area contributed by atoms with Crippen LogP contribution in [0.1, 0.15) is 15.9 Å². The number of carbonyl (C=O) groups is 1. The van der Waals surface area contributed by atoms with Gasteiger partial charge in [0.2, 0.25) is 0 Å². The second-order valence-corrected chi connectivity index (χ2v) is 8.91. The van der Waals surface area contributed by atoms with Gasteiger partial charge in [-0.1, -0.05) is 67.2 Å². The Balaban J connectivity index is 1.90. The molecule has 7 heteroatoms. The third kappa shape index (κ3) is 4.19. The number of hydrogen-bond donors (Lipinski definition) is 0. The molecule has 1 heterocycles. The standard InChI is InChI=1S/C22H12Br2Cl2N2O/c23-15-5-1-13(2-6-15)21-18(22(29)14-3-7-16(24)8-4-14)12-27-28(21)17-9-10-19(25)20(26)11-17/h1-12H. The lowest BCUT2D eigenvalue weighted by Crippen LogP contribution is -2.05. The summed E-state index contributed by atoms with van der Waals surface area (Å²) in [5.41, 5.74) is 3.34. The van der Waals surface area contributed by atoms with Crippen LogP contribution in [0.3, 0.4) is 0 Å². The molecule has 0 amide bonds. The third-order valence-electron chi connectivity index (χ3n) is 4.39. The van der Waals surface area contributed by atoms with Crippen molar-refractivity contribution in [1.82, 2.24) is 9.78 Å². The maximum absolute atomic E-state index is 13.3. The Bertz CT molecular complexity index is 1200. The van der Waals surface area contributed by atoms with Gasteiger partial charge in [0.25, 0.3) is 0 Å². The molecule has 0 aliphatic rings. The van der Waals surface area contributed by atoms with E-state index in [1.165, 1.54) is 0 Å². The molecule has 0 atom stereocenters. The van der Waals surface area contributed by atoms with Crippen molar-refractivity contribution in [3.63, 3.8) is 0 Å². The molecule has 0 saturated carbocycles. The average molecular weight is 551 g/mol. The number of nitrogens with zero attached hydrogens (tertiary/aromatic N) is 2. The highest BCUT2D eigenvalue weighted by Crippen LogP contribution is 2.32. The molecule has 0 unspecified atom stereocenters. The number of aromatic nitrogens is 2. The van der Waals surface area contributed by atoms with Gasteiger partial charge in [-0.05, 0) is 54.6 Å². The van der Waals surface area contributed by atoms with E-state index in [4.69, 9.17) is 23.2 Å². The molecule has 0 radical (unpaired) electrons. The van der Waals surface area contributed by atoms with Gasteiger partial charge < -0.3 is 0 Å². The second-order valence-electron chi connectivity index (χ2n) is 6.26. The van der Waals surface area contributed by atoms with Crippen LogP contribution in [0.5, 0.6) is 0 Å². The Kier molecular flexibility index (Phi) is 5.93. The van der Waals surface area contributed by atoms with Gasteiger partial charge in [-0.15, -0.1) is 0 Å². The molecular formula is C22H12Br2Cl2N2O. The summed E-state index contributed by atoms with van der Waals surface area (Å²) in [7, 11) is 0. The second kappa shape index (κ2) is 8.44. The topological polar surface area (TPSA) is 34.9 Å². The summed E-state index contributed by atoms with van der Waals surface area (Å²) in [5, 5.41) is 5.37. The van der Waals surface area contributed by atoms with Crippen molar-refractivity contribution < 1.29 is 4.79 Å². The zero-order chi connectivity index (χ0) is 20.5. The maximum atomic E-state index is 13.3. The Morgan fingerprint density at radius 1 is 0.828 bits per heavy atom. The highest BCUT2D eigenvalue weighted by molar-refractivity contribution is 9.10. The summed E-state index contributed by atoms with van der Waals surface area (Å²) in [4.78, 5) is 13.3. The fraction of sp³-hybridized carbons (Fsp3) is 0. The zero-order valence-electron chi connectivity index (χ0n) is 14.7. The molecule has 3 nitrogen and oxygen atoms in total. The van der Waals surface area contributed by atoms with Gasteiger partial charge in [-0.25, -0.2) is 4.68 Å². The fourth-order valence-electron chi connectivity index (χ4n) is 2.97. The summed E-state index contributed by atoms with van der Waals surface area (Å²) in [5.74, 6) is -0.110. The Morgan fingerprint density at radius 3 is 2.07 bits per heavy atom. The third-order valence-corrected chi connectivity index (χ3v) is 6.18. The summed E-state index contributed by atoms with van der Waals surface area (Å²) in [6.45, 7) is 0. The quantitative estimate of drug-likeness (QED) is 0.245. The first-order valence-electron chi connectivity index (χ1n) is 8.53. The molecule has 4 aromatic rings. The molecular weight excluding hydrogens is 539 g/mol. The number of benzene rings is 3. The lowest BCUT2D eigenvalue weighted by Gasteiger charge is -2.11. The van der Waals surface area contributed by atoms with E-state index in [-0.39, 0.29) is 5.78 Å². The zero-order valence-corrected chi connectivity index (χ0v) is 19.4. The normalized spacial score (nSPS) is 10.9. The molecule has 29 heavy (non-hydrogen) atoms. The van der Waals surface area contributed by atoms with E-state index in [1.54, 1.807) is 35.1 Å². The molecule has 0 saturated heterocycles. The van der Waals surface area contributed by atoms with Crippen LogP contribution in [0.15, 0.2) is 81.9 Å². The van der Waals surface area contributed by atoms with E-state index in [1.807, 2.05) is 42.5 Å². The smallest absolute Gasteiger partial charge is 0.196 e. The van der Waals surface area contributed by atoms with Gasteiger partial charge >= 0.3 is 0 Å². The first-order valence-corrected chi connectivity index (χ1v) is 10.9. The highest BCUT2D eigenvalue weighted by atomic mass is 79.9. The molecule has 0 aliphatic heterocycles. The minimum absolute atomic E-state index is 0.110. The Morgan fingerprint density at radius 2 is 1.45 bits per heavy atom. The molecule has 0 bridgehead atoms. The summed E-state index contributed by atoms with van der Waals surface area (Å²) in [6, 6.07) is 20.2. The van der Waals surface area contributed by atoms with Gasteiger partial charge in [-0.2, -0.15) is 5.10 Å². The molecule has 0 fully saturated rings. The van der Waals surface area contributed by atoms with Gasteiger partial charge in [0.15, 0.2) is 5.78 Å². The van der Waals surface area contributed by atoms with Gasteiger partial charge in [0, 0.05) is 20.1 Å². The number of rotatable bonds is 4. The number of hydrogen-bond acceptors (Lipinski definition) is 2. The van der Waals surface area contributed by atoms with E-state index < -0.39 is 0 Å². The van der Waals surface area contributed by atoms with Gasteiger partial charge in [-0.3, -0.25) is 4.79 Å². The minimum Gasteiger partial charge on any atom is -0.288 e. The van der Waals surface area contributed by atoms with Crippen LogP contribution in [0.4, 0.5) is 0 Å². The van der Waals surface area contributed by atoms with Crippen molar-refractivity contribution in [3.8, 4) is 16.9 Å². The van der Waals surface area contributed by atoms with Crippen LogP contribution < -0.4 is 0 Å². The first-order chi connectivity index (χ1) is 13.9. The van der Waals surface area contributed by atoms with Crippen LogP contribution >= 0.6 is 55.1 Å². The molecule has 1 aromatic heterocycles. The average Bonchev–Trinajstić information content (AvgIpc) is 3.16. The van der Waals surface area contributed by atoms with E-state index >= 15 is 0 Å². The fourth-order valence-corrected chi connectivity index (χ4v) is 3.79. The number of ketones is 1. The van der Waals surface area contributed by atoms with Crippen molar-refractivity contribution >= 4 is 60.8 Å². The van der Waals surface area contributed by atoms with Crippen molar-refractivity contribution in [2.24, 2.45) is 0 Å². The van der Waals surface area contributed by atoms with E-state index in [0.717, 1.165) is 14.5 Å². The first kappa shape index (κ1) is 20.4. The van der Waals surface area contributed by atoms with Crippen LogP contribution in [-0.2, 0) is 0 Å². The van der Waals surface area contributed by atoms with Crippen molar-refractivity contribution in [2.75, 3.05) is 0 Å². The molecule has 0 N–H and O–H groups in total. The molecule has 4 rings (SSSR count). The van der Waals surface area contributed by atoms with E-state index in [9.17, 15) is 4.79 Å². The predicted octanol–water partition coefficient (Wildman–Crippen LogP) is 7.60. The highest BCUT2D eigenvalue weighted by Gasteiger charge is 2.21. The monoisotopic (exact) mass is 548 g/mol. The van der Waals surface area contributed by atoms with Gasteiger partial charge in [0.1, 0.15) is 0 Å². The predicted molar refractivity (Wildman–Crippen MR) is 124 cm³/mol. The van der Waals surface area contributed by atoms with Crippen molar-refractivity contribution in [3.05, 3.63) is 103 Å².